The van der Waals surface area contributed by atoms with Crippen LogP contribution in [0.15, 0.2) is 12.2 Å². The average Bonchev–Trinajstić information content (AvgIpc) is 2.63. The molecule has 13 heavy (non-hydrogen) atoms. The maximum absolute atomic E-state index is 2.54. The van der Waals surface area contributed by atoms with Gasteiger partial charge in [-0.25, -0.2) is 0 Å². The summed E-state index contributed by atoms with van der Waals surface area (Å²) < 4.78 is 0. The van der Waals surface area contributed by atoms with E-state index in [4.69, 9.17) is 0 Å². The van der Waals surface area contributed by atoms with Gasteiger partial charge in [0.05, 0.1) is 0 Å². The van der Waals surface area contributed by atoms with Crippen LogP contribution in [0.3, 0.4) is 0 Å². The van der Waals surface area contributed by atoms with Gasteiger partial charge in [-0.3, -0.25) is 0 Å². The largest absolute Gasteiger partial charge is 0.0851 e. The first kappa shape index (κ1) is 8.08. The Bertz CT molecular complexity index is 218. The second-order valence-corrected chi connectivity index (χ2v) is 5.47. The van der Waals surface area contributed by atoms with Crippen LogP contribution in [0.5, 0.6) is 0 Å². The van der Waals surface area contributed by atoms with Gasteiger partial charge in [-0.05, 0) is 42.9 Å². The molecule has 3 aliphatic carbocycles. The highest BCUT2D eigenvalue weighted by Gasteiger charge is 2.47. The predicted octanol–water partition coefficient (Wildman–Crippen LogP) is 3.92. The zero-order valence-electron chi connectivity index (χ0n) is 8.47. The van der Waals surface area contributed by atoms with E-state index < -0.39 is 0 Å². The van der Waals surface area contributed by atoms with Crippen LogP contribution in [-0.4, -0.2) is 0 Å². The Balaban J connectivity index is 1.83. The zero-order valence-corrected chi connectivity index (χ0v) is 8.47. The first-order valence-electron chi connectivity index (χ1n) is 6.07. The monoisotopic (exact) mass is 176 g/mol. The van der Waals surface area contributed by atoms with Gasteiger partial charge in [-0.2, -0.15) is 0 Å². The summed E-state index contributed by atoms with van der Waals surface area (Å²) in [5.74, 6) is 1.96. The fourth-order valence-corrected chi connectivity index (χ4v) is 4.06. The molecular weight excluding hydrogens is 156 g/mol. The number of hydrogen-bond donors (Lipinski definition) is 0. The fourth-order valence-electron chi connectivity index (χ4n) is 4.06. The van der Waals surface area contributed by atoms with Crippen molar-refractivity contribution in [3.05, 3.63) is 12.2 Å². The molecule has 0 aromatic carbocycles. The summed E-state index contributed by atoms with van der Waals surface area (Å²) in [5.41, 5.74) is 0.788. The molecule has 2 saturated carbocycles. The van der Waals surface area contributed by atoms with E-state index in [-0.39, 0.29) is 0 Å². The Morgan fingerprint density at radius 3 is 2.23 bits per heavy atom. The molecule has 0 amide bonds. The Morgan fingerprint density at radius 2 is 1.69 bits per heavy atom. The maximum Gasteiger partial charge on any atom is -0.0171 e. The van der Waals surface area contributed by atoms with E-state index in [1.807, 2.05) is 0 Å². The summed E-state index contributed by atoms with van der Waals surface area (Å²) in [4.78, 5) is 0. The number of hydrogen-bond acceptors (Lipinski definition) is 0. The topological polar surface area (TPSA) is 0 Å². The SMILES string of the molecule is C1=CC2CC1CC21CCCCCC1. The Labute approximate surface area is 81.4 Å². The number of fused-ring (bicyclic) bond motifs is 3. The summed E-state index contributed by atoms with van der Waals surface area (Å²) in [6.45, 7) is 0. The Kier molecular flexibility index (Phi) is 1.78. The van der Waals surface area contributed by atoms with Crippen molar-refractivity contribution in [3.8, 4) is 0 Å². The molecule has 0 radical (unpaired) electrons. The van der Waals surface area contributed by atoms with Crippen molar-refractivity contribution in [1.29, 1.82) is 0 Å². The highest BCUT2D eigenvalue weighted by molar-refractivity contribution is 5.15. The van der Waals surface area contributed by atoms with E-state index in [0.717, 1.165) is 17.3 Å². The second kappa shape index (κ2) is 2.87. The minimum Gasteiger partial charge on any atom is -0.0851 e. The zero-order chi connectivity index (χ0) is 8.73. The molecule has 0 N–H and O–H groups in total. The molecular formula is C13H20. The lowest BCUT2D eigenvalue weighted by Gasteiger charge is -2.34. The van der Waals surface area contributed by atoms with Crippen molar-refractivity contribution in [3.63, 3.8) is 0 Å². The summed E-state index contributed by atoms with van der Waals surface area (Å²) in [6.07, 6.45) is 17.2. The molecule has 0 aliphatic heterocycles. The number of allylic oxidation sites excluding steroid dienone is 2. The van der Waals surface area contributed by atoms with Crippen molar-refractivity contribution in [2.24, 2.45) is 17.3 Å². The molecule has 2 unspecified atom stereocenters. The van der Waals surface area contributed by atoms with Gasteiger partial charge in [-0.15, -0.1) is 0 Å². The molecule has 2 atom stereocenters. The van der Waals surface area contributed by atoms with E-state index in [1.54, 1.807) is 12.8 Å². The van der Waals surface area contributed by atoms with Crippen LogP contribution >= 0.6 is 0 Å². The molecule has 2 bridgehead atoms. The van der Waals surface area contributed by atoms with Crippen LogP contribution in [0, 0.1) is 17.3 Å². The molecule has 2 fully saturated rings. The molecule has 72 valence electrons. The highest BCUT2D eigenvalue weighted by atomic mass is 14.5. The van der Waals surface area contributed by atoms with Gasteiger partial charge in [0.25, 0.3) is 0 Å². The summed E-state index contributed by atoms with van der Waals surface area (Å²) in [6, 6.07) is 0. The average molecular weight is 176 g/mol. The van der Waals surface area contributed by atoms with Crippen LogP contribution < -0.4 is 0 Å². The first-order chi connectivity index (χ1) is 6.39. The van der Waals surface area contributed by atoms with Crippen molar-refractivity contribution in [1.82, 2.24) is 0 Å². The van der Waals surface area contributed by atoms with Crippen molar-refractivity contribution in [2.75, 3.05) is 0 Å². The van der Waals surface area contributed by atoms with E-state index in [9.17, 15) is 0 Å². The number of rotatable bonds is 0. The summed E-state index contributed by atoms with van der Waals surface area (Å²) in [5, 5.41) is 0. The van der Waals surface area contributed by atoms with Crippen molar-refractivity contribution < 1.29 is 0 Å². The normalized spacial score (nSPS) is 41.2. The van der Waals surface area contributed by atoms with Crippen LogP contribution in [0.4, 0.5) is 0 Å². The molecule has 0 aromatic rings. The molecule has 0 heteroatoms. The molecule has 0 aromatic heterocycles. The molecule has 0 saturated heterocycles. The minimum absolute atomic E-state index is 0.788. The van der Waals surface area contributed by atoms with E-state index in [2.05, 4.69) is 12.2 Å². The maximum atomic E-state index is 2.54. The van der Waals surface area contributed by atoms with Crippen LogP contribution in [0.25, 0.3) is 0 Å². The second-order valence-electron chi connectivity index (χ2n) is 5.47. The predicted molar refractivity (Wildman–Crippen MR) is 55.5 cm³/mol. The first-order valence-corrected chi connectivity index (χ1v) is 6.07. The minimum atomic E-state index is 0.788. The van der Waals surface area contributed by atoms with Crippen LogP contribution in [0.1, 0.15) is 51.4 Å². The van der Waals surface area contributed by atoms with Gasteiger partial charge in [0, 0.05) is 0 Å². The standard InChI is InChI=1S/C13H20/c1-2-4-8-13(7-3-1)10-11-5-6-12(13)9-11/h5-6,11-12H,1-4,7-10H2. The Morgan fingerprint density at radius 1 is 0.923 bits per heavy atom. The molecule has 3 aliphatic rings. The molecule has 0 nitrogen and oxygen atoms in total. The third-order valence-corrected chi connectivity index (χ3v) is 4.73. The highest BCUT2D eigenvalue weighted by Crippen LogP contribution is 2.58. The third-order valence-electron chi connectivity index (χ3n) is 4.73. The smallest absolute Gasteiger partial charge is 0.0171 e. The lowest BCUT2D eigenvalue weighted by atomic mass is 9.70. The van der Waals surface area contributed by atoms with Crippen LogP contribution in [0.2, 0.25) is 0 Å². The van der Waals surface area contributed by atoms with Gasteiger partial charge in [0.15, 0.2) is 0 Å². The Hall–Kier alpha value is -0.260. The van der Waals surface area contributed by atoms with Crippen molar-refractivity contribution >= 4 is 0 Å². The fraction of sp³-hybridized carbons (Fsp3) is 0.846. The van der Waals surface area contributed by atoms with E-state index in [1.165, 1.54) is 38.5 Å². The summed E-state index contributed by atoms with van der Waals surface area (Å²) >= 11 is 0. The third kappa shape index (κ3) is 1.18. The van der Waals surface area contributed by atoms with E-state index >= 15 is 0 Å². The lowest BCUT2D eigenvalue weighted by Crippen LogP contribution is -2.24. The van der Waals surface area contributed by atoms with E-state index in [0.29, 0.717) is 0 Å². The van der Waals surface area contributed by atoms with Gasteiger partial charge < -0.3 is 0 Å². The van der Waals surface area contributed by atoms with Gasteiger partial charge in [0.2, 0.25) is 0 Å². The van der Waals surface area contributed by atoms with Gasteiger partial charge in [0.1, 0.15) is 0 Å². The van der Waals surface area contributed by atoms with Gasteiger partial charge in [-0.1, -0.05) is 37.8 Å². The quantitative estimate of drug-likeness (QED) is 0.491. The molecule has 0 heterocycles. The summed E-state index contributed by atoms with van der Waals surface area (Å²) in [7, 11) is 0. The lowest BCUT2D eigenvalue weighted by molar-refractivity contribution is 0.193. The van der Waals surface area contributed by atoms with Crippen LogP contribution in [-0.2, 0) is 0 Å². The molecule has 3 rings (SSSR count). The van der Waals surface area contributed by atoms with Crippen molar-refractivity contribution in [2.45, 2.75) is 51.4 Å². The van der Waals surface area contributed by atoms with Gasteiger partial charge >= 0.3 is 0 Å². The molecule has 1 spiro atoms.